The standard InChI is InChI=1S/C23H21N7O3S/c31-21-19(34-23(32)28-21)10-17-11-20(33-14-16-4-2-1-3-5-16)27-22(26-17)30-8-6-29(7-9-30)18-12-24-15-25-13-18/h1-5,10-13,15H,6-9,14H2,(H,28,31,32)/b19-10+. The van der Waals surface area contributed by atoms with Crippen LogP contribution in [0.3, 0.4) is 0 Å². The summed E-state index contributed by atoms with van der Waals surface area (Å²) >= 11 is 0.852. The first kappa shape index (κ1) is 21.8. The number of piperazine rings is 1. The van der Waals surface area contributed by atoms with E-state index in [4.69, 9.17) is 4.74 Å². The van der Waals surface area contributed by atoms with Crippen LogP contribution in [0.15, 0.2) is 60.0 Å². The molecule has 3 aromatic rings. The lowest BCUT2D eigenvalue weighted by atomic mass is 10.2. The van der Waals surface area contributed by atoms with Crippen molar-refractivity contribution in [1.29, 1.82) is 0 Å². The fourth-order valence-electron chi connectivity index (χ4n) is 3.63. The highest BCUT2D eigenvalue weighted by molar-refractivity contribution is 8.18. The number of rotatable bonds is 6. The number of nitrogens with one attached hydrogen (secondary N) is 1. The molecule has 0 unspecified atom stereocenters. The summed E-state index contributed by atoms with van der Waals surface area (Å²) in [5.41, 5.74) is 2.49. The topological polar surface area (TPSA) is 113 Å². The third-order valence-electron chi connectivity index (χ3n) is 5.34. The maximum absolute atomic E-state index is 12.0. The molecule has 10 nitrogen and oxygen atoms in total. The van der Waals surface area contributed by atoms with Gasteiger partial charge in [-0.1, -0.05) is 30.3 Å². The Morgan fingerprint density at radius 1 is 1.00 bits per heavy atom. The number of hydrogen-bond acceptors (Lipinski definition) is 10. The number of imide groups is 1. The second-order valence-corrected chi connectivity index (χ2v) is 8.64. The van der Waals surface area contributed by atoms with Gasteiger partial charge in [0.1, 0.15) is 12.9 Å². The van der Waals surface area contributed by atoms with E-state index >= 15 is 0 Å². The number of amides is 2. The summed E-state index contributed by atoms with van der Waals surface area (Å²) < 4.78 is 5.96. The number of benzene rings is 1. The Hall–Kier alpha value is -3.99. The summed E-state index contributed by atoms with van der Waals surface area (Å²) in [6, 6.07) is 11.5. The van der Waals surface area contributed by atoms with Crippen LogP contribution in [0.4, 0.5) is 16.4 Å². The van der Waals surface area contributed by atoms with Gasteiger partial charge < -0.3 is 14.5 Å². The van der Waals surface area contributed by atoms with E-state index in [9.17, 15) is 9.59 Å². The molecule has 0 spiro atoms. The van der Waals surface area contributed by atoms with Crippen molar-refractivity contribution in [1.82, 2.24) is 25.3 Å². The third-order valence-corrected chi connectivity index (χ3v) is 6.15. The van der Waals surface area contributed by atoms with Gasteiger partial charge in [-0.3, -0.25) is 14.9 Å². The second-order valence-electron chi connectivity index (χ2n) is 7.63. The molecule has 0 radical (unpaired) electrons. The Morgan fingerprint density at radius 3 is 2.44 bits per heavy atom. The molecule has 172 valence electrons. The van der Waals surface area contributed by atoms with Gasteiger partial charge in [-0.15, -0.1) is 0 Å². The van der Waals surface area contributed by atoms with Crippen LogP contribution in [0.25, 0.3) is 6.08 Å². The molecule has 2 saturated heterocycles. The van der Waals surface area contributed by atoms with Gasteiger partial charge in [-0.25, -0.2) is 15.0 Å². The quantitative estimate of drug-likeness (QED) is 0.534. The van der Waals surface area contributed by atoms with E-state index in [2.05, 4.69) is 35.1 Å². The predicted octanol–water partition coefficient (Wildman–Crippen LogP) is 2.50. The van der Waals surface area contributed by atoms with E-state index in [1.165, 1.54) is 6.33 Å². The molecule has 1 N–H and O–H groups in total. The maximum Gasteiger partial charge on any atom is 0.290 e. The summed E-state index contributed by atoms with van der Waals surface area (Å²) in [5, 5.41) is 1.87. The van der Waals surface area contributed by atoms with Crippen LogP contribution >= 0.6 is 11.8 Å². The summed E-state index contributed by atoms with van der Waals surface area (Å²) in [7, 11) is 0. The first-order valence-corrected chi connectivity index (χ1v) is 11.5. The highest BCUT2D eigenvalue weighted by Crippen LogP contribution is 2.27. The van der Waals surface area contributed by atoms with E-state index in [0.717, 1.165) is 36.1 Å². The van der Waals surface area contributed by atoms with Crippen molar-refractivity contribution in [2.45, 2.75) is 6.61 Å². The van der Waals surface area contributed by atoms with Gasteiger partial charge >= 0.3 is 0 Å². The molecule has 11 heteroatoms. The van der Waals surface area contributed by atoms with Crippen LogP contribution in [0.1, 0.15) is 11.3 Å². The SMILES string of the molecule is O=C1NC(=O)/C(=C\c2cc(OCc3ccccc3)nc(N3CCN(c4cncnc4)CC3)n2)S1. The molecule has 1 aromatic carbocycles. The molecule has 2 amide bonds. The lowest BCUT2D eigenvalue weighted by molar-refractivity contribution is -0.115. The molecule has 34 heavy (non-hydrogen) atoms. The molecule has 0 atom stereocenters. The van der Waals surface area contributed by atoms with Crippen molar-refractivity contribution < 1.29 is 14.3 Å². The van der Waals surface area contributed by atoms with Gasteiger partial charge in [-0.2, -0.15) is 4.98 Å². The fraction of sp³-hybridized carbons (Fsp3) is 0.217. The maximum atomic E-state index is 12.0. The minimum atomic E-state index is -0.430. The van der Waals surface area contributed by atoms with Crippen molar-refractivity contribution in [3.63, 3.8) is 0 Å². The van der Waals surface area contributed by atoms with Crippen LogP contribution in [0, 0.1) is 0 Å². The highest BCUT2D eigenvalue weighted by Gasteiger charge is 2.26. The minimum absolute atomic E-state index is 0.289. The lowest BCUT2D eigenvalue weighted by Gasteiger charge is -2.35. The second kappa shape index (κ2) is 9.87. The normalized spacial score (nSPS) is 17.2. The number of carbonyl (C=O) groups excluding carboxylic acids is 2. The van der Waals surface area contributed by atoms with E-state index in [1.54, 1.807) is 24.5 Å². The van der Waals surface area contributed by atoms with Crippen molar-refractivity contribution in [2.24, 2.45) is 0 Å². The van der Waals surface area contributed by atoms with E-state index in [0.29, 0.717) is 37.2 Å². The Bertz CT molecular complexity index is 1220. The van der Waals surface area contributed by atoms with Crippen molar-refractivity contribution in [3.05, 3.63) is 71.3 Å². The molecule has 2 aliphatic rings. The average Bonchev–Trinajstić information content (AvgIpc) is 3.20. The van der Waals surface area contributed by atoms with Crippen LogP contribution in [0.2, 0.25) is 0 Å². The van der Waals surface area contributed by atoms with Gasteiger partial charge in [0, 0.05) is 32.2 Å². The van der Waals surface area contributed by atoms with Crippen LogP contribution in [0.5, 0.6) is 5.88 Å². The number of thioether (sulfide) groups is 1. The molecular weight excluding hydrogens is 454 g/mol. The number of anilines is 2. The molecule has 0 bridgehead atoms. The summed E-state index contributed by atoms with van der Waals surface area (Å²) in [4.78, 5) is 45.6. The van der Waals surface area contributed by atoms with Crippen molar-refractivity contribution in [2.75, 3.05) is 36.0 Å². The summed E-state index contributed by atoms with van der Waals surface area (Å²) in [6.07, 6.45) is 6.70. The first-order chi connectivity index (χ1) is 16.6. The zero-order chi connectivity index (χ0) is 23.3. The summed E-state index contributed by atoms with van der Waals surface area (Å²) in [5.74, 6) is 0.478. The Labute approximate surface area is 200 Å². The lowest BCUT2D eigenvalue weighted by Crippen LogP contribution is -2.47. The Kier molecular flexibility index (Phi) is 6.34. The van der Waals surface area contributed by atoms with E-state index in [-0.39, 0.29) is 4.91 Å². The smallest absolute Gasteiger partial charge is 0.290 e. The molecule has 0 saturated carbocycles. The number of carbonyl (C=O) groups is 2. The molecular formula is C23H21N7O3S. The fourth-order valence-corrected chi connectivity index (χ4v) is 4.29. The zero-order valence-electron chi connectivity index (χ0n) is 18.1. The van der Waals surface area contributed by atoms with Gasteiger partial charge in [0.2, 0.25) is 11.8 Å². The van der Waals surface area contributed by atoms with Crippen LogP contribution < -0.4 is 19.9 Å². The number of hydrogen-bond donors (Lipinski definition) is 1. The number of nitrogens with zero attached hydrogens (tertiary/aromatic N) is 6. The number of aromatic nitrogens is 4. The third kappa shape index (κ3) is 5.15. The summed E-state index contributed by atoms with van der Waals surface area (Å²) in [6.45, 7) is 3.26. The van der Waals surface area contributed by atoms with Crippen molar-refractivity contribution in [3.8, 4) is 5.88 Å². The van der Waals surface area contributed by atoms with E-state index in [1.807, 2.05) is 30.3 Å². The highest BCUT2D eigenvalue weighted by atomic mass is 32.2. The molecule has 0 aliphatic carbocycles. The average molecular weight is 476 g/mol. The van der Waals surface area contributed by atoms with Gasteiger partial charge in [-0.05, 0) is 23.4 Å². The molecule has 4 heterocycles. The molecule has 2 aliphatic heterocycles. The van der Waals surface area contributed by atoms with Gasteiger partial charge in [0.15, 0.2) is 0 Å². The zero-order valence-corrected chi connectivity index (χ0v) is 18.9. The monoisotopic (exact) mass is 475 g/mol. The van der Waals surface area contributed by atoms with Crippen molar-refractivity contribution >= 4 is 40.6 Å². The largest absolute Gasteiger partial charge is 0.473 e. The molecule has 2 aromatic heterocycles. The predicted molar refractivity (Wildman–Crippen MR) is 128 cm³/mol. The first-order valence-electron chi connectivity index (χ1n) is 10.7. The van der Waals surface area contributed by atoms with Gasteiger partial charge in [0.05, 0.1) is 28.7 Å². The minimum Gasteiger partial charge on any atom is -0.473 e. The Balaban J connectivity index is 1.37. The Morgan fingerprint density at radius 2 is 1.74 bits per heavy atom. The van der Waals surface area contributed by atoms with Crippen LogP contribution in [-0.2, 0) is 11.4 Å². The number of ether oxygens (including phenoxy) is 1. The molecule has 2 fully saturated rings. The van der Waals surface area contributed by atoms with Crippen LogP contribution in [-0.4, -0.2) is 57.3 Å². The van der Waals surface area contributed by atoms with Gasteiger partial charge in [0.25, 0.3) is 11.1 Å². The van der Waals surface area contributed by atoms with E-state index < -0.39 is 11.1 Å². The molecule has 5 rings (SSSR count).